The summed E-state index contributed by atoms with van der Waals surface area (Å²) in [5.74, 6) is -0.0732. The van der Waals surface area contributed by atoms with Gasteiger partial charge in [-0.15, -0.1) is 0 Å². The second-order valence-electron chi connectivity index (χ2n) is 8.60. The topological polar surface area (TPSA) is 68.2 Å². The van der Waals surface area contributed by atoms with E-state index in [0.717, 1.165) is 16.8 Å². The molecule has 2 aromatic rings. The van der Waals surface area contributed by atoms with Crippen LogP contribution in [0.2, 0.25) is 5.02 Å². The van der Waals surface area contributed by atoms with E-state index in [1.165, 1.54) is 0 Å². The summed E-state index contributed by atoms with van der Waals surface area (Å²) in [6.45, 7) is 6.50. The summed E-state index contributed by atoms with van der Waals surface area (Å²) in [7, 11) is 0. The number of carbonyl (C=O) groups is 1. The second-order valence-corrected chi connectivity index (χ2v) is 9.03. The van der Waals surface area contributed by atoms with Crippen molar-refractivity contribution < 1.29 is 4.79 Å². The van der Waals surface area contributed by atoms with E-state index in [4.69, 9.17) is 11.6 Å². The molecular formula is C23H23ClN4O. The Hall–Kier alpha value is -2.81. The van der Waals surface area contributed by atoms with Gasteiger partial charge in [0, 0.05) is 28.8 Å². The van der Waals surface area contributed by atoms with Crippen LogP contribution in [0.3, 0.4) is 0 Å². The molecule has 3 unspecified atom stereocenters. The number of carbonyl (C=O) groups excluding carboxylic acids is 1. The third-order valence-corrected chi connectivity index (χ3v) is 5.81. The summed E-state index contributed by atoms with van der Waals surface area (Å²) in [4.78, 5) is 13.0. The van der Waals surface area contributed by atoms with Crippen molar-refractivity contribution in [1.82, 2.24) is 15.8 Å². The van der Waals surface area contributed by atoms with Crippen LogP contribution in [-0.2, 0) is 4.79 Å². The highest BCUT2D eigenvalue weighted by Gasteiger charge is 2.50. The van der Waals surface area contributed by atoms with Gasteiger partial charge >= 0.3 is 0 Å². The Labute approximate surface area is 175 Å². The molecule has 0 radical (unpaired) electrons. The van der Waals surface area contributed by atoms with Gasteiger partial charge in [-0.2, -0.15) is 5.26 Å². The fourth-order valence-corrected chi connectivity index (χ4v) is 4.24. The zero-order valence-corrected chi connectivity index (χ0v) is 17.4. The molecule has 2 N–H and O–H groups in total. The van der Waals surface area contributed by atoms with Crippen molar-refractivity contribution in [3.8, 4) is 6.07 Å². The molecule has 4 rings (SSSR count). The molecule has 1 saturated heterocycles. The number of fused-ring (bicyclic) bond motifs is 1. The smallest absolute Gasteiger partial charge is 0.264 e. The fraction of sp³-hybridized carbons (Fsp3) is 0.304. The van der Waals surface area contributed by atoms with Gasteiger partial charge in [0.15, 0.2) is 0 Å². The monoisotopic (exact) mass is 406 g/mol. The molecule has 2 aromatic carbocycles. The van der Waals surface area contributed by atoms with E-state index in [-0.39, 0.29) is 29.4 Å². The molecule has 148 valence electrons. The van der Waals surface area contributed by atoms with E-state index in [0.29, 0.717) is 10.6 Å². The highest BCUT2D eigenvalue weighted by atomic mass is 35.5. The lowest BCUT2D eigenvalue weighted by molar-refractivity contribution is -0.131. The van der Waals surface area contributed by atoms with Crippen molar-refractivity contribution in [3.63, 3.8) is 0 Å². The molecular weight excluding hydrogens is 384 g/mol. The minimum absolute atomic E-state index is 0.0269. The Kier molecular flexibility index (Phi) is 4.85. The Balaban J connectivity index is 1.75. The van der Waals surface area contributed by atoms with E-state index >= 15 is 0 Å². The number of amides is 1. The maximum absolute atomic E-state index is 13.0. The molecule has 2 aliphatic heterocycles. The summed E-state index contributed by atoms with van der Waals surface area (Å²) in [5.41, 5.74) is 6.58. The predicted octanol–water partition coefficient (Wildman–Crippen LogP) is 4.03. The minimum Gasteiger partial charge on any atom is -0.363 e. The average molecular weight is 407 g/mol. The highest BCUT2D eigenvalue weighted by molar-refractivity contribution is 6.30. The number of nitrogens with zero attached hydrogens (tertiary/aromatic N) is 2. The Morgan fingerprint density at radius 1 is 1.14 bits per heavy atom. The molecule has 1 fully saturated rings. The second kappa shape index (κ2) is 7.22. The van der Waals surface area contributed by atoms with E-state index in [9.17, 15) is 10.1 Å². The molecule has 0 spiro atoms. The summed E-state index contributed by atoms with van der Waals surface area (Å²) in [6, 6.07) is 17.3. The third-order valence-electron chi connectivity index (χ3n) is 5.55. The van der Waals surface area contributed by atoms with Gasteiger partial charge in [-0.1, -0.05) is 56.6 Å². The lowest BCUT2D eigenvalue weighted by Gasteiger charge is -2.34. The van der Waals surface area contributed by atoms with Crippen molar-refractivity contribution in [2.45, 2.75) is 38.9 Å². The van der Waals surface area contributed by atoms with E-state index in [1.54, 1.807) is 23.2 Å². The van der Waals surface area contributed by atoms with Crippen LogP contribution in [0, 0.1) is 16.7 Å². The van der Waals surface area contributed by atoms with Crippen LogP contribution in [0.1, 0.15) is 43.4 Å². The maximum Gasteiger partial charge on any atom is 0.264 e. The van der Waals surface area contributed by atoms with Crippen molar-refractivity contribution in [2.75, 3.05) is 0 Å². The number of hydrazine groups is 1. The van der Waals surface area contributed by atoms with Crippen molar-refractivity contribution in [3.05, 3.63) is 76.3 Å². The van der Waals surface area contributed by atoms with Gasteiger partial charge in [-0.25, -0.2) is 5.43 Å². The lowest BCUT2D eigenvalue weighted by atomic mass is 9.76. The summed E-state index contributed by atoms with van der Waals surface area (Å²) in [6.07, 6.45) is 1.34. The summed E-state index contributed by atoms with van der Waals surface area (Å²) < 4.78 is 0. The highest BCUT2D eigenvalue weighted by Crippen LogP contribution is 2.41. The number of hydrogen-bond acceptors (Lipinski definition) is 4. The van der Waals surface area contributed by atoms with Gasteiger partial charge in [-0.3, -0.25) is 9.80 Å². The van der Waals surface area contributed by atoms with Gasteiger partial charge in [-0.05, 0) is 40.8 Å². The molecule has 0 bridgehead atoms. The molecule has 2 aliphatic rings. The lowest BCUT2D eigenvalue weighted by Crippen LogP contribution is -2.52. The van der Waals surface area contributed by atoms with Crippen LogP contribution in [0.15, 0.2) is 54.6 Å². The van der Waals surface area contributed by atoms with Crippen LogP contribution in [0.4, 0.5) is 0 Å². The Morgan fingerprint density at radius 3 is 2.52 bits per heavy atom. The van der Waals surface area contributed by atoms with Gasteiger partial charge < -0.3 is 5.32 Å². The molecule has 2 heterocycles. The molecule has 0 aliphatic carbocycles. The molecule has 6 heteroatoms. The van der Waals surface area contributed by atoms with Gasteiger partial charge in [0.25, 0.3) is 5.91 Å². The minimum atomic E-state index is -0.251. The first kappa shape index (κ1) is 19.5. The summed E-state index contributed by atoms with van der Waals surface area (Å²) in [5, 5.41) is 15.1. The average Bonchev–Trinajstić information content (AvgIpc) is 3.09. The number of hydrogen-bond donors (Lipinski definition) is 2. The Morgan fingerprint density at radius 2 is 1.86 bits per heavy atom. The molecule has 0 aromatic heterocycles. The first-order valence-corrected chi connectivity index (χ1v) is 9.99. The molecule has 29 heavy (non-hydrogen) atoms. The van der Waals surface area contributed by atoms with Crippen molar-refractivity contribution in [2.24, 2.45) is 5.41 Å². The number of nitriles is 1. The quantitative estimate of drug-likeness (QED) is 0.790. The fourth-order valence-electron chi connectivity index (χ4n) is 4.12. The first-order chi connectivity index (χ1) is 13.8. The predicted molar refractivity (Wildman–Crippen MR) is 113 cm³/mol. The van der Waals surface area contributed by atoms with Crippen LogP contribution in [0.5, 0.6) is 0 Å². The van der Waals surface area contributed by atoms with Gasteiger partial charge in [0.05, 0.1) is 11.6 Å². The number of rotatable bonds is 2. The number of halogens is 1. The van der Waals surface area contributed by atoms with E-state index < -0.39 is 0 Å². The normalized spacial score (nSPS) is 23.8. The van der Waals surface area contributed by atoms with E-state index in [1.807, 2.05) is 36.4 Å². The zero-order valence-electron chi connectivity index (χ0n) is 16.6. The van der Waals surface area contributed by atoms with Gasteiger partial charge in [0.1, 0.15) is 6.17 Å². The van der Waals surface area contributed by atoms with Gasteiger partial charge in [0.2, 0.25) is 0 Å². The van der Waals surface area contributed by atoms with Crippen molar-refractivity contribution in [1.29, 1.82) is 5.26 Å². The van der Waals surface area contributed by atoms with E-state index in [2.05, 4.69) is 37.6 Å². The SMILES string of the molecule is CC(C)(C)C1NN2C(=O)C=C(c3cccc(C#N)c3)NC2C1c1ccc(Cl)cc1. The van der Waals surface area contributed by atoms with Crippen LogP contribution in [0.25, 0.3) is 5.70 Å². The molecule has 0 saturated carbocycles. The zero-order chi connectivity index (χ0) is 20.8. The number of benzene rings is 2. The largest absolute Gasteiger partial charge is 0.363 e. The molecule has 1 amide bonds. The maximum atomic E-state index is 13.0. The number of nitrogens with one attached hydrogen (secondary N) is 2. The standard InChI is InChI=1S/C23H23ClN4O/c1-23(2,3)21-20(15-7-9-17(24)10-8-15)22-26-18(12-19(29)28(22)27-21)16-6-4-5-14(11-16)13-25/h4-12,20-22,26-27H,1-3H3. The van der Waals surface area contributed by atoms with Crippen LogP contribution < -0.4 is 10.7 Å². The third kappa shape index (κ3) is 3.62. The molecule has 3 atom stereocenters. The first-order valence-electron chi connectivity index (χ1n) is 9.61. The van der Waals surface area contributed by atoms with Crippen LogP contribution >= 0.6 is 11.6 Å². The summed E-state index contributed by atoms with van der Waals surface area (Å²) >= 11 is 6.11. The van der Waals surface area contributed by atoms with Crippen LogP contribution in [-0.4, -0.2) is 23.1 Å². The molecule has 5 nitrogen and oxygen atoms in total. The Bertz CT molecular complexity index is 1020. The van der Waals surface area contributed by atoms with Crippen molar-refractivity contribution >= 4 is 23.2 Å².